The Bertz CT molecular complexity index is 1170. The molecule has 3 aromatic carbocycles. The summed E-state index contributed by atoms with van der Waals surface area (Å²) in [5.41, 5.74) is 3.88. The summed E-state index contributed by atoms with van der Waals surface area (Å²) in [5, 5.41) is 0. The van der Waals surface area contributed by atoms with E-state index in [2.05, 4.69) is 139 Å². The van der Waals surface area contributed by atoms with Gasteiger partial charge in [0.15, 0.2) is 0 Å². The van der Waals surface area contributed by atoms with Crippen molar-refractivity contribution in [1.29, 1.82) is 0 Å². The second-order valence-corrected chi connectivity index (χ2v) is 14.1. The Balaban J connectivity index is 0.000000186. The first kappa shape index (κ1) is 39.2. The zero-order valence-electron chi connectivity index (χ0n) is 25.7. The maximum absolute atomic E-state index is 5.04. The largest absolute Gasteiger partial charge is 3.00 e. The molecule has 3 aliphatic heterocycles. The number of rotatable bonds is 3. The molecule has 3 heterocycles. The number of thiol groups is 3. The first-order valence-corrected chi connectivity index (χ1v) is 17.7. The van der Waals surface area contributed by atoms with E-state index in [1.165, 1.54) is 17.1 Å². The smallest absolute Gasteiger partial charge is 0.680 e. The molecule has 0 aromatic heterocycles. The molecule has 3 saturated heterocycles. The van der Waals surface area contributed by atoms with Crippen LogP contribution in [-0.2, 0) is 91.6 Å². The van der Waals surface area contributed by atoms with E-state index in [1.807, 2.05) is 18.2 Å². The molecule has 245 valence electrons. The summed E-state index contributed by atoms with van der Waals surface area (Å²) < 4.78 is 2.13. The molecule has 3 aromatic rings. The van der Waals surface area contributed by atoms with Crippen LogP contribution < -0.4 is 14.7 Å². The van der Waals surface area contributed by atoms with Crippen molar-refractivity contribution < 1.29 is 17.1 Å². The zero-order valence-corrected chi connectivity index (χ0v) is 32.0. The molecule has 0 spiro atoms. The average molecular weight is 771 g/mol. The van der Waals surface area contributed by atoms with E-state index in [-0.39, 0.29) is 17.1 Å². The molecule has 6 nitrogen and oxygen atoms in total. The summed E-state index contributed by atoms with van der Waals surface area (Å²) in [6.07, 6.45) is 0. The summed E-state index contributed by atoms with van der Waals surface area (Å²) in [6, 6.07) is 31.5. The van der Waals surface area contributed by atoms with Gasteiger partial charge in [-0.25, -0.2) is 14.7 Å². The van der Waals surface area contributed by atoms with Gasteiger partial charge in [-0.15, -0.1) is 0 Å². The van der Waals surface area contributed by atoms with Crippen LogP contribution in [0, 0.1) is 0 Å². The Morgan fingerprint density at radius 3 is 0.739 bits per heavy atom. The van der Waals surface area contributed by atoms with E-state index in [1.54, 1.807) is 0 Å². The van der Waals surface area contributed by atoms with Crippen LogP contribution in [0.25, 0.3) is 0 Å². The van der Waals surface area contributed by atoms with Gasteiger partial charge in [-0.2, -0.15) is 0 Å². The Morgan fingerprint density at radius 1 is 0.370 bits per heavy atom. The normalized spacial score (nSPS) is 17.4. The molecule has 0 N–H and O–H groups in total. The average Bonchev–Trinajstić information content (AvgIpc) is 3.10. The van der Waals surface area contributed by atoms with Gasteiger partial charge in [0.1, 0.15) is 49.6 Å². The standard InChI is InChI=1S/3C11H14N2S2.Fe/c3*14-11(15)13-8-6-12(7-9-13)10-4-2-1-3-5-10;/h3*1-5H,6-9H2,(H,14,15);/q;;;+3. The number of nitrogens with zero attached hydrogens (tertiary/aromatic N) is 6. The molecule has 6 rings (SSSR count). The Labute approximate surface area is 318 Å². The summed E-state index contributed by atoms with van der Waals surface area (Å²) in [7, 11) is 0. The third-order valence-corrected chi connectivity index (χ3v) is 9.64. The number of hydrogen-bond donors (Lipinski definition) is 0. The third-order valence-electron chi connectivity index (χ3n) is 8.01. The van der Waals surface area contributed by atoms with Crippen LogP contribution in [0.15, 0.2) is 91.0 Å². The number of anilines is 3. The van der Waals surface area contributed by atoms with E-state index in [9.17, 15) is 0 Å². The minimum Gasteiger partial charge on any atom is -0.680 e. The molecule has 0 bridgehead atoms. The van der Waals surface area contributed by atoms with Gasteiger partial charge >= 0.3 is 17.1 Å². The van der Waals surface area contributed by atoms with Crippen LogP contribution in [0.4, 0.5) is 17.1 Å². The van der Waals surface area contributed by atoms with Gasteiger partial charge in [-0.05, 0) is 36.4 Å². The van der Waals surface area contributed by atoms with Crippen LogP contribution in [0.1, 0.15) is 0 Å². The maximum Gasteiger partial charge on any atom is 3.00 e. The van der Waals surface area contributed by atoms with E-state index in [0.29, 0.717) is 13.0 Å². The number of hydrogen-bond acceptors (Lipinski definition) is 6. The van der Waals surface area contributed by atoms with Gasteiger partial charge in [-0.1, -0.05) is 54.6 Å². The minimum absolute atomic E-state index is 0. The second kappa shape index (κ2) is 21.0. The van der Waals surface area contributed by atoms with Crippen LogP contribution in [0.2, 0.25) is 0 Å². The van der Waals surface area contributed by atoms with Gasteiger partial charge in [0.25, 0.3) is 0 Å². The summed E-state index contributed by atoms with van der Waals surface area (Å²) >= 11 is 27.7. The van der Waals surface area contributed by atoms with Crippen molar-refractivity contribution in [2.45, 2.75) is 0 Å². The molecule has 3 aliphatic rings. The van der Waals surface area contributed by atoms with Crippen molar-refractivity contribution in [2.75, 3.05) is 93.2 Å². The summed E-state index contributed by atoms with van der Waals surface area (Å²) in [5.74, 6) is 0. The van der Waals surface area contributed by atoms with Crippen molar-refractivity contribution in [3.8, 4) is 0 Å². The second-order valence-electron chi connectivity index (χ2n) is 10.8. The fraction of sp³-hybridized carbons (Fsp3) is 0.364. The first-order valence-electron chi connectivity index (χ1n) is 15.2. The van der Waals surface area contributed by atoms with Crippen molar-refractivity contribution in [2.24, 2.45) is 0 Å². The fourth-order valence-corrected chi connectivity index (χ4v) is 6.53. The molecule has 46 heavy (non-hydrogen) atoms. The Kier molecular flexibility index (Phi) is 17.9. The van der Waals surface area contributed by atoms with Gasteiger partial charge in [0.05, 0.1) is 0 Å². The van der Waals surface area contributed by atoms with Crippen molar-refractivity contribution in [3.05, 3.63) is 91.0 Å². The Morgan fingerprint density at radius 2 is 0.565 bits per heavy atom. The predicted molar refractivity (Wildman–Crippen MR) is 214 cm³/mol. The molecule has 0 aliphatic carbocycles. The quantitative estimate of drug-likeness (QED) is 0.130. The number of para-hydroxylation sites is 3. The molecule has 1 radical (unpaired) electrons. The van der Waals surface area contributed by atoms with Gasteiger partial charge in [0.2, 0.25) is 0 Å². The van der Waals surface area contributed by atoms with E-state index < -0.39 is 0 Å². The minimum atomic E-state index is 0. The molecule has 0 unspecified atom stereocenters. The zero-order chi connectivity index (χ0) is 32.0. The van der Waals surface area contributed by atoms with E-state index in [0.717, 1.165) is 78.5 Å². The molecular weight excluding hydrogens is 729 g/mol. The molecule has 3 fully saturated rings. The van der Waals surface area contributed by atoms with Crippen molar-refractivity contribution >= 4 is 105 Å². The van der Waals surface area contributed by atoms with Crippen LogP contribution in [0.3, 0.4) is 0 Å². The summed E-state index contributed by atoms with van der Waals surface area (Å²) in [6.45, 7) is 11.9. The van der Waals surface area contributed by atoms with E-state index >= 15 is 0 Å². The van der Waals surface area contributed by atoms with Crippen LogP contribution in [0.5, 0.6) is 0 Å². The van der Waals surface area contributed by atoms with Gasteiger partial charge in [-0.3, -0.25) is 0 Å². The SMILES string of the molecule is [Fe+3].[S-]C(=[SH+])N1CCN(c2ccccc2)CC1.[S-]C(=[SH+])N1CCN(c2ccccc2)CC1.[S-]C(=[SH+])N1CCN(c2ccccc2)CC1. The van der Waals surface area contributed by atoms with Gasteiger partial charge in [0, 0.05) is 95.6 Å². The molecule has 0 atom stereocenters. The van der Waals surface area contributed by atoms with Crippen LogP contribution >= 0.6 is 0 Å². The fourth-order valence-electron chi connectivity index (χ4n) is 5.38. The van der Waals surface area contributed by atoms with Gasteiger partial charge < -0.3 is 52.6 Å². The Hall–Kier alpha value is -1.22. The first-order chi connectivity index (χ1) is 21.8. The topological polar surface area (TPSA) is 19.4 Å². The number of piperazine rings is 3. The molecule has 0 saturated carbocycles. The monoisotopic (exact) mass is 770 g/mol. The van der Waals surface area contributed by atoms with E-state index in [4.69, 9.17) is 37.9 Å². The number of benzene rings is 3. The maximum atomic E-state index is 5.04. The van der Waals surface area contributed by atoms with Crippen molar-refractivity contribution in [1.82, 2.24) is 14.7 Å². The van der Waals surface area contributed by atoms with Crippen LogP contribution in [-0.4, -0.2) is 106 Å². The van der Waals surface area contributed by atoms with Crippen molar-refractivity contribution in [3.63, 3.8) is 0 Å². The predicted octanol–water partition coefficient (Wildman–Crippen LogP) is 2.16. The molecular formula is C33H42FeN6S6+3. The molecule has 13 heteroatoms. The third kappa shape index (κ3) is 12.7. The molecule has 0 amide bonds. The summed E-state index contributed by atoms with van der Waals surface area (Å²) in [4.78, 5) is 13.5.